The van der Waals surface area contributed by atoms with Gasteiger partial charge in [0.2, 0.25) is 11.8 Å². The van der Waals surface area contributed by atoms with Gasteiger partial charge in [-0.1, -0.05) is 42.5 Å². The summed E-state index contributed by atoms with van der Waals surface area (Å²) in [6, 6.07) is 15.6. The summed E-state index contributed by atoms with van der Waals surface area (Å²) in [6.07, 6.45) is 1.78. The number of carbonyl (C=O) groups excluding carboxylic acids is 2. The molecule has 0 aliphatic carbocycles. The number of hydrogen-bond donors (Lipinski definition) is 1. The minimum Gasteiger partial charge on any atom is -0.493 e. The molecule has 164 valence electrons. The number of rotatable bonds is 7. The minimum atomic E-state index is -0.812. The molecule has 1 atom stereocenters. The Morgan fingerprint density at radius 3 is 2.48 bits per heavy atom. The number of β-lactam (4-membered cyclic amide) rings is 1. The number of carbonyl (C=O) groups is 2. The standard InChI is InChI=1S/C24H28N2O4S/c1-29-20-10-6-9-18(22(20)30-2)16-25-23(28)24(11-13-31-14-12-24)26-19(15-21(26)27)17-7-4-3-5-8-17/h3-10,19H,11-16H2,1-2H3,(H,25,28). The largest absolute Gasteiger partial charge is 0.493 e. The minimum absolute atomic E-state index is 0.0473. The van der Waals surface area contributed by atoms with Crippen molar-refractivity contribution < 1.29 is 19.1 Å². The van der Waals surface area contributed by atoms with Gasteiger partial charge in [0.1, 0.15) is 5.54 Å². The number of methoxy groups -OCH3 is 2. The summed E-state index contributed by atoms with van der Waals surface area (Å²) in [5, 5.41) is 3.10. The monoisotopic (exact) mass is 440 g/mol. The van der Waals surface area contributed by atoms with Crippen LogP contribution < -0.4 is 14.8 Å². The van der Waals surface area contributed by atoms with Crippen LogP contribution in [0.5, 0.6) is 11.5 Å². The van der Waals surface area contributed by atoms with Crippen molar-refractivity contribution in [3.05, 3.63) is 59.7 Å². The first-order chi connectivity index (χ1) is 15.1. The summed E-state index contributed by atoms with van der Waals surface area (Å²) < 4.78 is 10.9. The molecule has 2 fully saturated rings. The number of para-hydroxylation sites is 1. The second-order valence-corrected chi connectivity index (χ2v) is 9.10. The van der Waals surface area contributed by atoms with Gasteiger partial charge in [-0.15, -0.1) is 0 Å². The molecule has 0 radical (unpaired) electrons. The third-order valence-corrected chi connectivity index (χ3v) is 7.25. The second-order valence-electron chi connectivity index (χ2n) is 7.87. The van der Waals surface area contributed by atoms with E-state index >= 15 is 0 Å². The van der Waals surface area contributed by atoms with Crippen LogP contribution >= 0.6 is 11.8 Å². The van der Waals surface area contributed by atoms with Crippen LogP contribution in [0.25, 0.3) is 0 Å². The second kappa shape index (κ2) is 9.22. The molecule has 31 heavy (non-hydrogen) atoms. The maximum Gasteiger partial charge on any atom is 0.246 e. The van der Waals surface area contributed by atoms with Crippen LogP contribution in [-0.2, 0) is 16.1 Å². The molecule has 0 aromatic heterocycles. The van der Waals surface area contributed by atoms with Crippen molar-refractivity contribution in [1.29, 1.82) is 0 Å². The van der Waals surface area contributed by atoms with E-state index < -0.39 is 5.54 Å². The number of hydrogen-bond acceptors (Lipinski definition) is 5. The quantitative estimate of drug-likeness (QED) is 0.667. The summed E-state index contributed by atoms with van der Waals surface area (Å²) in [7, 11) is 3.18. The van der Waals surface area contributed by atoms with Crippen LogP contribution in [0.2, 0.25) is 0 Å². The molecule has 0 spiro atoms. The topological polar surface area (TPSA) is 67.9 Å². The first kappa shape index (κ1) is 21.6. The number of thioether (sulfide) groups is 1. The molecule has 4 rings (SSSR count). The van der Waals surface area contributed by atoms with Gasteiger partial charge in [0.25, 0.3) is 0 Å². The maximum absolute atomic E-state index is 13.6. The Morgan fingerprint density at radius 1 is 1.10 bits per heavy atom. The van der Waals surface area contributed by atoms with Gasteiger partial charge in [-0.2, -0.15) is 11.8 Å². The number of likely N-dealkylation sites (tertiary alicyclic amines) is 1. The number of ether oxygens (including phenoxy) is 2. The summed E-state index contributed by atoms with van der Waals surface area (Å²) in [5.74, 6) is 2.92. The molecule has 6 nitrogen and oxygen atoms in total. The molecule has 2 heterocycles. The van der Waals surface area contributed by atoms with Crippen LogP contribution in [0.15, 0.2) is 48.5 Å². The molecular weight excluding hydrogens is 412 g/mol. The average molecular weight is 441 g/mol. The van der Waals surface area contributed by atoms with E-state index in [9.17, 15) is 9.59 Å². The van der Waals surface area contributed by atoms with Gasteiger partial charge in [-0.05, 0) is 36.0 Å². The lowest BCUT2D eigenvalue weighted by atomic mass is 9.80. The van der Waals surface area contributed by atoms with Gasteiger partial charge >= 0.3 is 0 Å². The molecule has 2 saturated heterocycles. The zero-order valence-electron chi connectivity index (χ0n) is 17.9. The van der Waals surface area contributed by atoms with E-state index in [0.717, 1.165) is 22.6 Å². The normalized spacial score (nSPS) is 20.0. The first-order valence-electron chi connectivity index (χ1n) is 10.5. The van der Waals surface area contributed by atoms with Gasteiger partial charge in [-0.3, -0.25) is 9.59 Å². The zero-order chi connectivity index (χ0) is 21.8. The van der Waals surface area contributed by atoms with Crippen molar-refractivity contribution in [3.63, 3.8) is 0 Å². The van der Waals surface area contributed by atoms with Crippen molar-refractivity contribution in [2.24, 2.45) is 0 Å². The van der Waals surface area contributed by atoms with Crippen molar-refractivity contribution in [3.8, 4) is 11.5 Å². The molecule has 2 aromatic rings. The predicted octanol–water partition coefficient (Wildman–Crippen LogP) is 3.56. The fraction of sp³-hybridized carbons (Fsp3) is 0.417. The zero-order valence-corrected chi connectivity index (χ0v) is 18.7. The van der Waals surface area contributed by atoms with Crippen LogP contribution in [0.3, 0.4) is 0 Å². The average Bonchev–Trinajstić information content (AvgIpc) is 2.81. The smallest absolute Gasteiger partial charge is 0.246 e. The molecule has 7 heteroatoms. The van der Waals surface area contributed by atoms with E-state index in [1.54, 1.807) is 14.2 Å². The van der Waals surface area contributed by atoms with Crippen LogP contribution in [-0.4, -0.2) is 48.0 Å². The van der Waals surface area contributed by atoms with Gasteiger partial charge in [-0.25, -0.2) is 0 Å². The van der Waals surface area contributed by atoms with E-state index in [2.05, 4.69) is 5.32 Å². The Kier molecular flexibility index (Phi) is 6.41. The Balaban J connectivity index is 1.58. The van der Waals surface area contributed by atoms with Crippen molar-refractivity contribution in [1.82, 2.24) is 10.2 Å². The van der Waals surface area contributed by atoms with Crippen LogP contribution in [0.4, 0.5) is 0 Å². The number of amides is 2. The summed E-state index contributed by atoms with van der Waals surface area (Å²) in [5.41, 5.74) is 1.11. The van der Waals surface area contributed by atoms with Gasteiger partial charge < -0.3 is 19.7 Å². The number of nitrogens with one attached hydrogen (secondary N) is 1. The number of benzene rings is 2. The lowest BCUT2D eigenvalue weighted by Gasteiger charge is -2.54. The van der Waals surface area contributed by atoms with Crippen molar-refractivity contribution >= 4 is 23.6 Å². The van der Waals surface area contributed by atoms with Gasteiger partial charge in [0.15, 0.2) is 11.5 Å². The highest BCUT2D eigenvalue weighted by Crippen LogP contribution is 2.46. The van der Waals surface area contributed by atoms with Crippen LogP contribution in [0.1, 0.15) is 36.4 Å². The van der Waals surface area contributed by atoms with Gasteiger partial charge in [0, 0.05) is 12.1 Å². The third-order valence-electron chi connectivity index (χ3n) is 6.26. The highest BCUT2D eigenvalue weighted by atomic mass is 32.2. The summed E-state index contributed by atoms with van der Waals surface area (Å²) in [4.78, 5) is 28.2. The number of nitrogens with zero attached hydrogens (tertiary/aromatic N) is 1. The molecule has 1 N–H and O–H groups in total. The fourth-order valence-electron chi connectivity index (χ4n) is 4.61. The first-order valence-corrected chi connectivity index (χ1v) is 11.7. The SMILES string of the molecule is COc1cccc(CNC(=O)C2(N3C(=O)CC3c3ccccc3)CCSCC2)c1OC. The molecule has 0 bridgehead atoms. The Hall–Kier alpha value is -2.67. The summed E-state index contributed by atoms with van der Waals surface area (Å²) in [6.45, 7) is 0.312. The Labute approximate surface area is 187 Å². The van der Waals surface area contributed by atoms with E-state index in [-0.39, 0.29) is 17.9 Å². The molecular formula is C24H28N2O4S. The van der Waals surface area contributed by atoms with E-state index in [0.29, 0.717) is 37.3 Å². The van der Waals surface area contributed by atoms with Crippen molar-refractivity contribution in [2.75, 3.05) is 25.7 Å². The summed E-state index contributed by atoms with van der Waals surface area (Å²) >= 11 is 1.84. The predicted molar refractivity (Wildman–Crippen MR) is 121 cm³/mol. The van der Waals surface area contributed by atoms with Crippen LogP contribution in [0, 0.1) is 0 Å². The molecule has 2 aliphatic rings. The van der Waals surface area contributed by atoms with Crippen molar-refractivity contribution in [2.45, 2.75) is 37.4 Å². The Bertz CT molecular complexity index is 944. The van der Waals surface area contributed by atoms with E-state index in [1.165, 1.54) is 0 Å². The fourth-order valence-corrected chi connectivity index (χ4v) is 5.78. The van der Waals surface area contributed by atoms with Gasteiger partial charge in [0.05, 0.1) is 26.7 Å². The molecule has 2 aromatic carbocycles. The highest BCUT2D eigenvalue weighted by Gasteiger charge is 2.54. The maximum atomic E-state index is 13.6. The Morgan fingerprint density at radius 2 is 1.84 bits per heavy atom. The highest BCUT2D eigenvalue weighted by molar-refractivity contribution is 7.99. The van der Waals surface area contributed by atoms with E-state index in [1.807, 2.05) is 65.2 Å². The molecule has 2 amide bonds. The molecule has 1 unspecified atom stereocenters. The lowest BCUT2D eigenvalue weighted by molar-refractivity contribution is -0.166. The molecule has 2 aliphatic heterocycles. The van der Waals surface area contributed by atoms with E-state index in [4.69, 9.17) is 9.47 Å². The molecule has 0 saturated carbocycles. The third kappa shape index (κ3) is 3.99. The lowest BCUT2D eigenvalue weighted by Crippen LogP contribution is -2.67.